The topological polar surface area (TPSA) is 84.6 Å². The third-order valence-electron chi connectivity index (χ3n) is 5.26. The molecular weight excluding hydrogens is 354 g/mol. The molecule has 1 amide bonds. The zero-order chi connectivity index (χ0) is 19.1. The number of benzene rings is 1. The Hall–Kier alpha value is -3.42. The predicted molar refractivity (Wildman–Crippen MR) is 104 cm³/mol. The van der Waals surface area contributed by atoms with Crippen LogP contribution < -0.4 is 0 Å². The molecule has 1 aliphatic heterocycles. The summed E-state index contributed by atoms with van der Waals surface area (Å²) in [5, 5.41) is 8.94. The molecule has 3 aromatic heterocycles. The van der Waals surface area contributed by atoms with Crippen molar-refractivity contribution in [1.29, 1.82) is 0 Å². The standard InChI is InChI=1S/C20H21N7O/c1-2-18(27-9-5-8-21-27)20(28)25-10-11-26-14(13-25)12-17(24-26)19-22-15-6-3-4-7-16(15)23-19/h3-9,12,18H,2,10-11,13H2,1H3,(H,22,23). The second-order valence-corrected chi connectivity index (χ2v) is 7.02. The Morgan fingerprint density at radius 2 is 2.14 bits per heavy atom. The largest absolute Gasteiger partial charge is 0.337 e. The summed E-state index contributed by atoms with van der Waals surface area (Å²) in [6.07, 6.45) is 4.27. The number of rotatable bonds is 4. The van der Waals surface area contributed by atoms with Crippen LogP contribution in [-0.2, 0) is 17.9 Å². The van der Waals surface area contributed by atoms with Crippen LogP contribution in [-0.4, -0.2) is 46.9 Å². The number of para-hydroxylation sites is 2. The number of fused-ring (bicyclic) bond motifs is 2. The van der Waals surface area contributed by atoms with Crippen molar-refractivity contribution in [2.75, 3.05) is 6.54 Å². The van der Waals surface area contributed by atoms with E-state index in [-0.39, 0.29) is 11.9 Å². The van der Waals surface area contributed by atoms with Gasteiger partial charge in [0.25, 0.3) is 0 Å². The molecule has 1 aliphatic rings. The van der Waals surface area contributed by atoms with Crippen LogP contribution in [0.3, 0.4) is 0 Å². The van der Waals surface area contributed by atoms with Crippen molar-refractivity contribution in [3.63, 3.8) is 0 Å². The van der Waals surface area contributed by atoms with Crippen LogP contribution in [0.1, 0.15) is 25.1 Å². The van der Waals surface area contributed by atoms with E-state index >= 15 is 0 Å². The molecule has 1 N–H and O–H groups in total. The summed E-state index contributed by atoms with van der Waals surface area (Å²) in [4.78, 5) is 22.9. The van der Waals surface area contributed by atoms with Crippen LogP contribution in [0.5, 0.6) is 0 Å². The quantitative estimate of drug-likeness (QED) is 0.594. The molecule has 0 aliphatic carbocycles. The number of nitrogens with zero attached hydrogens (tertiary/aromatic N) is 6. The first kappa shape index (κ1) is 16.7. The number of aromatic nitrogens is 6. The number of carbonyl (C=O) groups is 1. The zero-order valence-corrected chi connectivity index (χ0v) is 15.6. The average Bonchev–Trinajstić information content (AvgIpc) is 3.46. The minimum atomic E-state index is -0.265. The summed E-state index contributed by atoms with van der Waals surface area (Å²) in [5.41, 5.74) is 3.74. The first-order chi connectivity index (χ1) is 13.7. The monoisotopic (exact) mass is 375 g/mol. The first-order valence-electron chi connectivity index (χ1n) is 9.52. The van der Waals surface area contributed by atoms with Gasteiger partial charge >= 0.3 is 0 Å². The molecule has 1 atom stereocenters. The van der Waals surface area contributed by atoms with Gasteiger partial charge in [-0.2, -0.15) is 10.2 Å². The fraction of sp³-hybridized carbons (Fsp3) is 0.300. The summed E-state index contributed by atoms with van der Waals surface area (Å²) in [6, 6.07) is 11.5. The summed E-state index contributed by atoms with van der Waals surface area (Å²) in [6.45, 7) is 3.88. The van der Waals surface area contributed by atoms with Crippen molar-refractivity contribution in [1.82, 2.24) is 34.4 Å². The number of carbonyl (C=O) groups excluding carboxylic acids is 1. The number of hydrogen-bond donors (Lipinski definition) is 1. The lowest BCUT2D eigenvalue weighted by atomic mass is 10.1. The van der Waals surface area contributed by atoms with E-state index < -0.39 is 0 Å². The summed E-state index contributed by atoms with van der Waals surface area (Å²) >= 11 is 0. The van der Waals surface area contributed by atoms with E-state index in [9.17, 15) is 4.79 Å². The van der Waals surface area contributed by atoms with Crippen LogP contribution in [0.2, 0.25) is 0 Å². The van der Waals surface area contributed by atoms with Gasteiger partial charge in [0.15, 0.2) is 5.82 Å². The molecule has 8 heteroatoms. The SMILES string of the molecule is CCC(C(=O)N1CCn2nc(-c3nc4ccccc4[nH]3)cc2C1)n1cccn1. The maximum absolute atomic E-state index is 13.0. The molecule has 1 aromatic carbocycles. The van der Waals surface area contributed by atoms with E-state index in [0.717, 1.165) is 28.2 Å². The summed E-state index contributed by atoms with van der Waals surface area (Å²) in [5.74, 6) is 0.855. The van der Waals surface area contributed by atoms with Crippen LogP contribution >= 0.6 is 0 Å². The zero-order valence-electron chi connectivity index (χ0n) is 15.6. The Kier molecular flexibility index (Phi) is 3.96. The highest BCUT2D eigenvalue weighted by molar-refractivity contribution is 5.80. The summed E-state index contributed by atoms with van der Waals surface area (Å²) in [7, 11) is 0. The predicted octanol–water partition coefficient (Wildman–Crippen LogP) is 2.62. The molecule has 0 saturated carbocycles. The van der Waals surface area contributed by atoms with E-state index in [2.05, 4.69) is 15.1 Å². The lowest BCUT2D eigenvalue weighted by molar-refractivity contribution is -0.136. The minimum absolute atomic E-state index is 0.101. The van der Waals surface area contributed by atoms with Gasteiger partial charge in [-0.05, 0) is 30.7 Å². The van der Waals surface area contributed by atoms with E-state index in [1.807, 2.05) is 59.1 Å². The molecule has 0 radical (unpaired) electrons. The van der Waals surface area contributed by atoms with Crippen molar-refractivity contribution in [2.45, 2.75) is 32.5 Å². The fourth-order valence-corrected chi connectivity index (χ4v) is 3.79. The molecular formula is C20H21N7O. The van der Waals surface area contributed by atoms with Gasteiger partial charge in [0, 0.05) is 18.9 Å². The maximum Gasteiger partial charge on any atom is 0.247 e. The lowest BCUT2D eigenvalue weighted by Crippen LogP contribution is -2.42. The van der Waals surface area contributed by atoms with Gasteiger partial charge in [0.2, 0.25) is 5.91 Å². The molecule has 1 unspecified atom stereocenters. The van der Waals surface area contributed by atoms with Gasteiger partial charge in [-0.3, -0.25) is 14.2 Å². The Balaban J connectivity index is 1.39. The third-order valence-corrected chi connectivity index (χ3v) is 5.26. The highest BCUT2D eigenvalue weighted by Crippen LogP contribution is 2.24. The highest BCUT2D eigenvalue weighted by Gasteiger charge is 2.29. The van der Waals surface area contributed by atoms with Crippen molar-refractivity contribution < 1.29 is 4.79 Å². The number of hydrogen-bond acceptors (Lipinski definition) is 4. The van der Waals surface area contributed by atoms with Gasteiger partial charge in [0.1, 0.15) is 11.7 Å². The molecule has 142 valence electrons. The van der Waals surface area contributed by atoms with Crippen molar-refractivity contribution in [3.05, 3.63) is 54.5 Å². The molecule has 4 heterocycles. The van der Waals surface area contributed by atoms with E-state index in [1.54, 1.807) is 10.9 Å². The van der Waals surface area contributed by atoms with Crippen LogP contribution in [0.15, 0.2) is 48.8 Å². The Morgan fingerprint density at radius 1 is 1.25 bits per heavy atom. The average molecular weight is 375 g/mol. The normalized spacial score (nSPS) is 15.0. The molecule has 0 bridgehead atoms. The van der Waals surface area contributed by atoms with E-state index in [4.69, 9.17) is 5.10 Å². The Labute approximate surface area is 161 Å². The van der Waals surface area contributed by atoms with Gasteiger partial charge in [-0.15, -0.1) is 0 Å². The first-order valence-corrected chi connectivity index (χ1v) is 9.52. The minimum Gasteiger partial charge on any atom is -0.337 e. The lowest BCUT2D eigenvalue weighted by Gasteiger charge is -2.30. The van der Waals surface area contributed by atoms with Gasteiger partial charge in [-0.25, -0.2) is 4.98 Å². The summed E-state index contributed by atoms with van der Waals surface area (Å²) < 4.78 is 3.72. The number of imidazole rings is 1. The molecule has 0 saturated heterocycles. The molecule has 5 rings (SSSR count). The fourth-order valence-electron chi connectivity index (χ4n) is 3.79. The van der Waals surface area contributed by atoms with Crippen LogP contribution in [0.4, 0.5) is 0 Å². The Morgan fingerprint density at radius 3 is 2.93 bits per heavy atom. The molecule has 4 aromatic rings. The molecule has 0 spiro atoms. The number of H-pyrrole nitrogens is 1. The van der Waals surface area contributed by atoms with Gasteiger partial charge in [0.05, 0.1) is 29.8 Å². The number of amides is 1. The van der Waals surface area contributed by atoms with Crippen molar-refractivity contribution in [2.24, 2.45) is 0 Å². The number of nitrogens with one attached hydrogen (secondary N) is 1. The molecule has 8 nitrogen and oxygen atoms in total. The molecule has 0 fully saturated rings. The van der Waals surface area contributed by atoms with Crippen molar-refractivity contribution >= 4 is 16.9 Å². The third kappa shape index (κ3) is 2.77. The van der Waals surface area contributed by atoms with E-state index in [0.29, 0.717) is 26.1 Å². The Bertz CT molecular complexity index is 1090. The van der Waals surface area contributed by atoms with Crippen LogP contribution in [0.25, 0.3) is 22.6 Å². The van der Waals surface area contributed by atoms with Crippen molar-refractivity contribution in [3.8, 4) is 11.5 Å². The maximum atomic E-state index is 13.0. The molecule has 28 heavy (non-hydrogen) atoms. The number of aromatic amines is 1. The van der Waals surface area contributed by atoms with Gasteiger partial charge in [-0.1, -0.05) is 19.1 Å². The van der Waals surface area contributed by atoms with E-state index in [1.165, 1.54) is 0 Å². The highest BCUT2D eigenvalue weighted by atomic mass is 16.2. The second-order valence-electron chi connectivity index (χ2n) is 7.02. The van der Waals surface area contributed by atoms with Crippen LogP contribution in [0, 0.1) is 0 Å². The van der Waals surface area contributed by atoms with Gasteiger partial charge < -0.3 is 9.88 Å². The smallest absolute Gasteiger partial charge is 0.247 e. The second kappa shape index (κ2) is 6.63.